The molecule has 2 aromatic rings. The fraction of sp³-hybridized carbons (Fsp3) is 0.400. The van der Waals surface area contributed by atoms with E-state index in [0.29, 0.717) is 25.3 Å². The molecule has 23 heavy (non-hydrogen) atoms. The van der Waals surface area contributed by atoms with Crippen LogP contribution in [0.2, 0.25) is 0 Å². The van der Waals surface area contributed by atoms with Gasteiger partial charge in [0, 0.05) is 26.0 Å². The number of halogens is 2. The predicted octanol–water partition coefficient (Wildman–Crippen LogP) is 2.80. The number of benzene rings is 1. The van der Waals surface area contributed by atoms with Gasteiger partial charge in [-0.15, -0.1) is 0 Å². The summed E-state index contributed by atoms with van der Waals surface area (Å²) in [6.45, 7) is 0.696. The minimum absolute atomic E-state index is 0.100. The zero-order valence-electron chi connectivity index (χ0n) is 13.0. The second-order valence-electron chi connectivity index (χ2n) is 5.08. The fourth-order valence-corrected chi connectivity index (χ4v) is 1.85. The highest BCUT2D eigenvalue weighted by Gasteiger charge is 2.32. The Bertz CT molecular complexity index is 665. The van der Waals surface area contributed by atoms with Gasteiger partial charge >= 0.3 is 5.92 Å². The van der Waals surface area contributed by atoms with Crippen LogP contribution in [0.4, 0.5) is 8.78 Å². The number of amides is 1. The van der Waals surface area contributed by atoms with Crippen LogP contribution in [0.15, 0.2) is 28.8 Å². The van der Waals surface area contributed by atoms with Crippen molar-refractivity contribution in [3.8, 4) is 11.4 Å². The first-order valence-corrected chi connectivity index (χ1v) is 6.93. The standard InChI is InChI=1S/C15H17F2N3O3/c1-15(16,17)14-18-13(19-23-14)11-7-4-10(5-8-11)6-9-12(21)20(2)22-3/h4-5,7-8H,6,9H2,1-3H3. The summed E-state index contributed by atoms with van der Waals surface area (Å²) in [6, 6.07) is 6.97. The molecule has 0 bridgehead atoms. The van der Waals surface area contributed by atoms with Gasteiger partial charge in [0.05, 0.1) is 7.11 Å². The molecule has 0 atom stereocenters. The minimum atomic E-state index is -3.17. The van der Waals surface area contributed by atoms with Gasteiger partial charge < -0.3 is 4.52 Å². The Balaban J connectivity index is 2.02. The van der Waals surface area contributed by atoms with Gasteiger partial charge in [0.25, 0.3) is 5.89 Å². The van der Waals surface area contributed by atoms with Crippen molar-refractivity contribution in [2.45, 2.75) is 25.7 Å². The molecule has 0 aliphatic heterocycles. The van der Waals surface area contributed by atoms with Crippen LogP contribution in [-0.2, 0) is 22.0 Å². The summed E-state index contributed by atoms with van der Waals surface area (Å²) in [7, 11) is 2.97. The molecule has 1 heterocycles. The Morgan fingerprint density at radius 3 is 2.52 bits per heavy atom. The third-order valence-corrected chi connectivity index (χ3v) is 3.27. The van der Waals surface area contributed by atoms with Crippen LogP contribution in [0.1, 0.15) is 24.8 Å². The van der Waals surface area contributed by atoms with Crippen molar-refractivity contribution in [3.63, 3.8) is 0 Å². The van der Waals surface area contributed by atoms with E-state index in [0.717, 1.165) is 5.56 Å². The van der Waals surface area contributed by atoms with Gasteiger partial charge in [0.15, 0.2) is 0 Å². The molecule has 1 amide bonds. The quantitative estimate of drug-likeness (QED) is 0.764. The van der Waals surface area contributed by atoms with Gasteiger partial charge in [0.2, 0.25) is 11.7 Å². The van der Waals surface area contributed by atoms with E-state index >= 15 is 0 Å². The molecule has 0 spiro atoms. The zero-order valence-corrected chi connectivity index (χ0v) is 13.0. The first kappa shape index (κ1) is 17.0. The van der Waals surface area contributed by atoms with Crippen molar-refractivity contribution in [3.05, 3.63) is 35.7 Å². The predicted molar refractivity (Wildman–Crippen MR) is 77.4 cm³/mol. The van der Waals surface area contributed by atoms with Gasteiger partial charge in [0.1, 0.15) is 0 Å². The minimum Gasteiger partial charge on any atom is -0.332 e. The third-order valence-electron chi connectivity index (χ3n) is 3.27. The number of hydroxylamine groups is 2. The Labute approximate surface area is 132 Å². The van der Waals surface area contributed by atoms with Gasteiger partial charge in [-0.25, -0.2) is 5.06 Å². The van der Waals surface area contributed by atoms with Crippen molar-refractivity contribution >= 4 is 5.91 Å². The lowest BCUT2D eigenvalue weighted by atomic mass is 10.1. The summed E-state index contributed by atoms with van der Waals surface area (Å²) in [5, 5.41) is 4.71. The van der Waals surface area contributed by atoms with E-state index in [1.54, 1.807) is 31.3 Å². The maximum absolute atomic E-state index is 13.1. The lowest BCUT2D eigenvalue weighted by Gasteiger charge is -2.13. The average Bonchev–Trinajstić information content (AvgIpc) is 3.02. The van der Waals surface area contributed by atoms with Crippen LogP contribution in [-0.4, -0.2) is 35.3 Å². The third kappa shape index (κ3) is 4.32. The Morgan fingerprint density at radius 1 is 1.35 bits per heavy atom. The second-order valence-corrected chi connectivity index (χ2v) is 5.08. The molecule has 2 rings (SSSR count). The van der Waals surface area contributed by atoms with Crippen LogP contribution >= 0.6 is 0 Å². The molecule has 0 saturated carbocycles. The van der Waals surface area contributed by atoms with E-state index in [4.69, 9.17) is 4.84 Å². The number of carbonyl (C=O) groups excluding carboxylic acids is 1. The van der Waals surface area contributed by atoms with Gasteiger partial charge in [-0.3, -0.25) is 9.63 Å². The molecule has 6 nitrogen and oxygen atoms in total. The largest absolute Gasteiger partial charge is 0.332 e. The number of nitrogens with zero attached hydrogens (tertiary/aromatic N) is 3. The molecule has 0 aliphatic rings. The average molecular weight is 325 g/mol. The summed E-state index contributed by atoms with van der Waals surface area (Å²) < 4.78 is 30.7. The molecule has 0 unspecified atom stereocenters. The van der Waals surface area contributed by atoms with Crippen molar-refractivity contribution in [1.29, 1.82) is 0 Å². The molecule has 0 N–H and O–H groups in total. The van der Waals surface area contributed by atoms with E-state index in [9.17, 15) is 13.6 Å². The topological polar surface area (TPSA) is 68.5 Å². The van der Waals surface area contributed by atoms with Crippen LogP contribution in [0, 0.1) is 0 Å². The number of alkyl halides is 2. The molecule has 8 heteroatoms. The molecule has 124 valence electrons. The van der Waals surface area contributed by atoms with E-state index in [1.165, 1.54) is 12.2 Å². The van der Waals surface area contributed by atoms with Gasteiger partial charge in [-0.2, -0.15) is 13.8 Å². The van der Waals surface area contributed by atoms with E-state index in [1.807, 2.05) is 0 Å². The smallest absolute Gasteiger partial charge is 0.322 e. The van der Waals surface area contributed by atoms with Crippen LogP contribution in [0.5, 0.6) is 0 Å². The summed E-state index contributed by atoms with van der Waals surface area (Å²) in [4.78, 5) is 20.1. The maximum atomic E-state index is 13.1. The van der Waals surface area contributed by atoms with Gasteiger partial charge in [-0.1, -0.05) is 29.4 Å². The number of aromatic nitrogens is 2. The summed E-state index contributed by atoms with van der Waals surface area (Å²) in [6.07, 6.45) is 0.843. The van der Waals surface area contributed by atoms with Crippen molar-refractivity contribution in [2.24, 2.45) is 0 Å². The van der Waals surface area contributed by atoms with Crippen molar-refractivity contribution in [2.75, 3.05) is 14.2 Å². The normalized spacial score (nSPS) is 11.5. The van der Waals surface area contributed by atoms with Crippen LogP contribution in [0.25, 0.3) is 11.4 Å². The van der Waals surface area contributed by atoms with E-state index < -0.39 is 11.8 Å². The Morgan fingerprint density at radius 2 is 2.00 bits per heavy atom. The fourth-order valence-electron chi connectivity index (χ4n) is 1.85. The Hall–Kier alpha value is -2.35. The van der Waals surface area contributed by atoms with Crippen LogP contribution < -0.4 is 0 Å². The lowest BCUT2D eigenvalue weighted by Crippen LogP contribution is -2.25. The van der Waals surface area contributed by atoms with Crippen molar-refractivity contribution < 1.29 is 22.9 Å². The highest BCUT2D eigenvalue weighted by molar-refractivity contribution is 5.75. The highest BCUT2D eigenvalue weighted by Crippen LogP contribution is 2.27. The zero-order chi connectivity index (χ0) is 17.0. The Kier molecular flexibility index (Phi) is 5.05. The number of aryl methyl sites for hydroxylation is 1. The summed E-state index contributed by atoms with van der Waals surface area (Å²) in [5.74, 6) is -3.92. The first-order valence-electron chi connectivity index (χ1n) is 6.93. The number of hydrogen-bond donors (Lipinski definition) is 0. The number of carbonyl (C=O) groups is 1. The second kappa shape index (κ2) is 6.82. The number of rotatable bonds is 6. The maximum Gasteiger partial charge on any atom is 0.322 e. The molecule has 0 aliphatic carbocycles. The first-order chi connectivity index (χ1) is 10.8. The van der Waals surface area contributed by atoms with Gasteiger partial charge in [-0.05, 0) is 12.0 Å². The molecular weight excluding hydrogens is 308 g/mol. The number of hydrogen-bond acceptors (Lipinski definition) is 5. The molecule has 1 aromatic heterocycles. The molecule has 1 aromatic carbocycles. The van der Waals surface area contributed by atoms with Crippen LogP contribution in [0.3, 0.4) is 0 Å². The summed E-state index contributed by atoms with van der Waals surface area (Å²) in [5.41, 5.74) is 1.49. The SMILES string of the molecule is CON(C)C(=O)CCc1ccc(-c2noc(C(C)(F)F)n2)cc1. The van der Waals surface area contributed by atoms with E-state index in [2.05, 4.69) is 14.7 Å². The highest BCUT2D eigenvalue weighted by atomic mass is 19.3. The molecule has 0 radical (unpaired) electrons. The molecular formula is C15H17F2N3O3. The van der Waals surface area contributed by atoms with Crippen molar-refractivity contribution in [1.82, 2.24) is 15.2 Å². The van der Waals surface area contributed by atoms with E-state index in [-0.39, 0.29) is 11.7 Å². The monoisotopic (exact) mass is 325 g/mol. The lowest BCUT2D eigenvalue weighted by molar-refractivity contribution is -0.168. The summed E-state index contributed by atoms with van der Waals surface area (Å²) >= 11 is 0. The molecule has 0 saturated heterocycles. The molecule has 0 fully saturated rings.